The fourth-order valence-electron chi connectivity index (χ4n) is 3.24. The molecule has 1 saturated heterocycles. The smallest absolute Gasteiger partial charge is 0.243 e. The summed E-state index contributed by atoms with van der Waals surface area (Å²) in [6, 6.07) is 13.6. The van der Waals surface area contributed by atoms with Crippen molar-refractivity contribution in [2.75, 3.05) is 31.6 Å². The highest BCUT2D eigenvalue weighted by Gasteiger charge is 2.25. The van der Waals surface area contributed by atoms with Crippen LogP contribution >= 0.6 is 0 Å². The summed E-state index contributed by atoms with van der Waals surface area (Å²) in [4.78, 5) is 12.7. The van der Waals surface area contributed by atoms with E-state index in [0.29, 0.717) is 31.0 Å². The molecule has 0 radical (unpaired) electrons. The third kappa shape index (κ3) is 4.72. The number of hydrogen-bond acceptors (Lipinski definition) is 5. The van der Waals surface area contributed by atoms with Crippen molar-refractivity contribution in [3.63, 3.8) is 0 Å². The number of benzene rings is 2. The summed E-state index contributed by atoms with van der Waals surface area (Å²) in [6.45, 7) is 3.67. The van der Waals surface area contributed by atoms with Crippen LogP contribution in [-0.2, 0) is 10.0 Å². The van der Waals surface area contributed by atoms with Crippen molar-refractivity contribution in [3.05, 3.63) is 54.1 Å². The number of anilines is 1. The van der Waals surface area contributed by atoms with E-state index < -0.39 is 10.0 Å². The van der Waals surface area contributed by atoms with Crippen molar-refractivity contribution in [2.45, 2.75) is 31.1 Å². The van der Waals surface area contributed by atoms with Crippen LogP contribution in [0.15, 0.2) is 53.4 Å². The number of ketones is 1. The normalized spacial score (nSPS) is 15.2. The Labute approximate surface area is 166 Å². The zero-order valence-corrected chi connectivity index (χ0v) is 16.9. The van der Waals surface area contributed by atoms with Gasteiger partial charge in [-0.2, -0.15) is 4.31 Å². The number of Topliss-reactive ketones (excluding diaryl/α,β-unsaturated/α-hetero) is 1. The van der Waals surface area contributed by atoms with Gasteiger partial charge in [0, 0.05) is 18.7 Å². The average Bonchev–Trinajstić information content (AvgIpc) is 2.74. The molecule has 0 saturated carbocycles. The van der Waals surface area contributed by atoms with E-state index in [4.69, 9.17) is 4.74 Å². The summed E-state index contributed by atoms with van der Waals surface area (Å²) in [5.74, 6) is 0.578. The largest absolute Gasteiger partial charge is 0.492 e. The molecule has 0 bridgehead atoms. The van der Waals surface area contributed by atoms with Crippen LogP contribution in [0.4, 0.5) is 5.69 Å². The monoisotopic (exact) mass is 402 g/mol. The topological polar surface area (TPSA) is 75.7 Å². The Bertz CT molecular complexity index is 904. The van der Waals surface area contributed by atoms with E-state index in [0.717, 1.165) is 24.9 Å². The lowest BCUT2D eigenvalue weighted by atomic mass is 10.1. The SMILES string of the molecule is CCOc1ccccc1NCC(=O)c1ccc(S(=O)(=O)N2CCCCC2)cc1. The fourth-order valence-corrected chi connectivity index (χ4v) is 4.76. The summed E-state index contributed by atoms with van der Waals surface area (Å²) in [5, 5.41) is 3.09. The molecule has 0 atom stereocenters. The van der Waals surface area contributed by atoms with E-state index in [1.165, 1.54) is 16.4 Å². The molecule has 6 nitrogen and oxygen atoms in total. The van der Waals surface area contributed by atoms with Crippen molar-refractivity contribution < 1.29 is 17.9 Å². The second-order valence-electron chi connectivity index (χ2n) is 6.70. The average molecular weight is 403 g/mol. The molecule has 0 aliphatic carbocycles. The third-order valence-electron chi connectivity index (χ3n) is 4.76. The number of carbonyl (C=O) groups is 1. The second-order valence-corrected chi connectivity index (χ2v) is 8.63. The van der Waals surface area contributed by atoms with Gasteiger partial charge in [0.1, 0.15) is 5.75 Å². The van der Waals surface area contributed by atoms with Crippen LogP contribution in [0.5, 0.6) is 5.75 Å². The van der Waals surface area contributed by atoms with Crippen molar-refractivity contribution in [3.8, 4) is 5.75 Å². The predicted molar refractivity (Wildman–Crippen MR) is 109 cm³/mol. The van der Waals surface area contributed by atoms with Gasteiger partial charge in [0.2, 0.25) is 10.0 Å². The molecule has 0 spiro atoms. The molecule has 3 rings (SSSR count). The van der Waals surface area contributed by atoms with Gasteiger partial charge in [-0.3, -0.25) is 4.79 Å². The van der Waals surface area contributed by atoms with E-state index in [9.17, 15) is 13.2 Å². The van der Waals surface area contributed by atoms with E-state index in [1.54, 1.807) is 12.1 Å². The number of ether oxygens (including phenoxy) is 1. The van der Waals surface area contributed by atoms with Gasteiger partial charge in [-0.15, -0.1) is 0 Å². The Morgan fingerprint density at radius 2 is 1.71 bits per heavy atom. The van der Waals surface area contributed by atoms with Gasteiger partial charge in [-0.1, -0.05) is 18.6 Å². The Morgan fingerprint density at radius 1 is 1.04 bits per heavy atom. The van der Waals surface area contributed by atoms with E-state index >= 15 is 0 Å². The number of nitrogens with one attached hydrogen (secondary N) is 1. The third-order valence-corrected chi connectivity index (χ3v) is 6.67. The summed E-state index contributed by atoms with van der Waals surface area (Å²) in [7, 11) is -3.48. The highest BCUT2D eigenvalue weighted by molar-refractivity contribution is 7.89. The summed E-state index contributed by atoms with van der Waals surface area (Å²) >= 11 is 0. The van der Waals surface area contributed by atoms with Crippen LogP contribution in [0.25, 0.3) is 0 Å². The first kappa shape index (κ1) is 20.4. The molecule has 0 amide bonds. The summed E-state index contributed by atoms with van der Waals surface area (Å²) in [6.07, 6.45) is 2.86. The van der Waals surface area contributed by atoms with Gasteiger partial charge in [-0.05, 0) is 56.2 Å². The predicted octanol–water partition coefficient (Wildman–Crippen LogP) is 3.55. The minimum atomic E-state index is -3.48. The Kier molecular flexibility index (Phi) is 6.70. The van der Waals surface area contributed by atoms with Gasteiger partial charge in [0.15, 0.2) is 5.78 Å². The number of hydrogen-bond donors (Lipinski definition) is 1. The van der Waals surface area contributed by atoms with Crippen LogP contribution in [0.2, 0.25) is 0 Å². The zero-order chi connectivity index (χ0) is 20.0. The lowest BCUT2D eigenvalue weighted by Crippen LogP contribution is -2.35. The highest BCUT2D eigenvalue weighted by Crippen LogP contribution is 2.24. The van der Waals surface area contributed by atoms with Gasteiger partial charge in [0.25, 0.3) is 0 Å². The van der Waals surface area contributed by atoms with Crippen LogP contribution in [0.3, 0.4) is 0 Å². The molecule has 1 aliphatic heterocycles. The first-order valence-corrected chi connectivity index (χ1v) is 11.1. The minimum Gasteiger partial charge on any atom is -0.492 e. The minimum absolute atomic E-state index is 0.0995. The maximum atomic E-state index is 12.7. The van der Waals surface area contributed by atoms with Crippen LogP contribution in [0.1, 0.15) is 36.5 Å². The lowest BCUT2D eigenvalue weighted by Gasteiger charge is -2.25. The molecule has 1 N–H and O–H groups in total. The molecular weight excluding hydrogens is 376 g/mol. The highest BCUT2D eigenvalue weighted by atomic mass is 32.2. The van der Waals surface area contributed by atoms with Crippen molar-refractivity contribution in [1.82, 2.24) is 4.31 Å². The number of para-hydroxylation sites is 2. The molecule has 2 aromatic rings. The summed E-state index contributed by atoms with van der Waals surface area (Å²) < 4.78 is 32.5. The molecule has 0 aromatic heterocycles. The van der Waals surface area contributed by atoms with Crippen LogP contribution in [0, 0.1) is 0 Å². The zero-order valence-electron chi connectivity index (χ0n) is 16.1. The maximum absolute atomic E-state index is 12.7. The van der Waals surface area contributed by atoms with E-state index in [2.05, 4.69) is 5.32 Å². The molecular formula is C21H26N2O4S. The fraction of sp³-hybridized carbons (Fsp3) is 0.381. The standard InChI is InChI=1S/C21H26N2O4S/c1-2-27-21-9-5-4-8-19(21)22-16-20(24)17-10-12-18(13-11-17)28(25,26)23-14-6-3-7-15-23/h4-5,8-13,22H,2-3,6-7,14-16H2,1H3. The number of sulfonamides is 1. The first-order chi connectivity index (χ1) is 13.5. The second kappa shape index (κ2) is 9.21. The number of rotatable bonds is 8. The number of nitrogens with zero attached hydrogens (tertiary/aromatic N) is 1. The maximum Gasteiger partial charge on any atom is 0.243 e. The van der Waals surface area contributed by atoms with Gasteiger partial charge >= 0.3 is 0 Å². The Morgan fingerprint density at radius 3 is 2.39 bits per heavy atom. The number of carbonyl (C=O) groups excluding carboxylic acids is 1. The quantitative estimate of drug-likeness (QED) is 0.684. The molecule has 1 fully saturated rings. The molecule has 1 aliphatic rings. The molecule has 28 heavy (non-hydrogen) atoms. The molecule has 2 aromatic carbocycles. The lowest BCUT2D eigenvalue weighted by molar-refractivity contribution is 0.101. The number of piperidine rings is 1. The van der Waals surface area contributed by atoms with E-state index in [-0.39, 0.29) is 17.2 Å². The van der Waals surface area contributed by atoms with Gasteiger partial charge in [0.05, 0.1) is 23.7 Å². The molecule has 1 heterocycles. The first-order valence-electron chi connectivity index (χ1n) is 9.61. The van der Waals surface area contributed by atoms with Gasteiger partial charge < -0.3 is 10.1 Å². The van der Waals surface area contributed by atoms with Crippen molar-refractivity contribution in [1.29, 1.82) is 0 Å². The van der Waals surface area contributed by atoms with Crippen molar-refractivity contribution in [2.24, 2.45) is 0 Å². The van der Waals surface area contributed by atoms with Crippen LogP contribution < -0.4 is 10.1 Å². The summed E-state index contributed by atoms with van der Waals surface area (Å²) in [5.41, 5.74) is 1.22. The molecule has 150 valence electrons. The Hall–Kier alpha value is -2.38. The van der Waals surface area contributed by atoms with Crippen LogP contribution in [-0.4, -0.2) is 44.7 Å². The molecule has 7 heteroatoms. The Balaban J connectivity index is 1.65. The van der Waals surface area contributed by atoms with Crippen molar-refractivity contribution >= 4 is 21.5 Å². The molecule has 0 unspecified atom stereocenters. The van der Waals surface area contributed by atoms with Gasteiger partial charge in [-0.25, -0.2) is 8.42 Å². The van der Waals surface area contributed by atoms with E-state index in [1.807, 2.05) is 31.2 Å².